The lowest BCUT2D eigenvalue weighted by Gasteiger charge is -2.07. The Bertz CT molecular complexity index is 594. The van der Waals surface area contributed by atoms with Gasteiger partial charge < -0.3 is 4.79 Å². The van der Waals surface area contributed by atoms with E-state index in [1.54, 1.807) is 0 Å². The highest BCUT2D eigenvalue weighted by atomic mass is 16.1. The van der Waals surface area contributed by atoms with Crippen molar-refractivity contribution in [2.24, 2.45) is 0 Å². The molecule has 0 spiro atoms. The molecular weight excluding hydrogens is 248 g/mol. The van der Waals surface area contributed by atoms with Gasteiger partial charge >= 0.3 is 0 Å². The third-order valence-electron chi connectivity index (χ3n) is 2.89. The Hall–Kier alpha value is -2.22. The molecule has 2 heteroatoms. The molecule has 0 fully saturated rings. The number of rotatable bonds is 2. The Kier molecular flexibility index (Phi) is 5.85. The molecule has 0 amide bonds. The van der Waals surface area contributed by atoms with Crippen LogP contribution in [0.3, 0.4) is 0 Å². The molecule has 2 rings (SSSR count). The summed E-state index contributed by atoms with van der Waals surface area (Å²) >= 11 is 0. The van der Waals surface area contributed by atoms with Crippen molar-refractivity contribution < 1.29 is 9.59 Å². The van der Waals surface area contributed by atoms with Crippen LogP contribution < -0.4 is 0 Å². The summed E-state index contributed by atoms with van der Waals surface area (Å²) in [7, 11) is 0. The first-order valence-corrected chi connectivity index (χ1v) is 6.56. The lowest BCUT2D eigenvalue weighted by molar-refractivity contribution is -0.114. The number of benzene rings is 2. The van der Waals surface area contributed by atoms with Crippen molar-refractivity contribution in [3.05, 3.63) is 70.8 Å². The smallest absolute Gasteiger partial charge is 0.193 e. The van der Waals surface area contributed by atoms with Crippen LogP contribution in [0.4, 0.5) is 0 Å². The van der Waals surface area contributed by atoms with Crippen LogP contribution in [0.1, 0.15) is 40.9 Å². The van der Waals surface area contributed by atoms with Crippen LogP contribution in [-0.4, -0.2) is 11.6 Å². The largest absolute Gasteiger partial charge is 0.300 e. The molecule has 0 N–H and O–H groups in total. The first kappa shape index (κ1) is 15.8. The van der Waals surface area contributed by atoms with E-state index < -0.39 is 0 Å². The molecule has 0 saturated carbocycles. The summed E-state index contributed by atoms with van der Waals surface area (Å²) in [5.74, 6) is 0.266. The van der Waals surface area contributed by atoms with Crippen LogP contribution in [0.2, 0.25) is 0 Å². The molecule has 0 aliphatic carbocycles. The van der Waals surface area contributed by atoms with Crippen LogP contribution in [0.15, 0.2) is 48.5 Å². The minimum Gasteiger partial charge on any atom is -0.300 e. The second-order valence-corrected chi connectivity index (χ2v) is 4.85. The molecule has 2 nitrogen and oxygen atoms in total. The lowest BCUT2D eigenvalue weighted by atomic mass is 9.96. The van der Waals surface area contributed by atoms with Crippen LogP contribution in [0, 0.1) is 13.8 Å². The predicted molar refractivity (Wildman–Crippen MR) is 82.1 cm³/mol. The monoisotopic (exact) mass is 268 g/mol. The lowest BCUT2D eigenvalue weighted by Crippen LogP contribution is -2.04. The molecule has 2 aromatic carbocycles. The number of hydrogen-bond acceptors (Lipinski definition) is 2. The average Bonchev–Trinajstić information content (AvgIpc) is 2.41. The molecule has 0 heterocycles. The Morgan fingerprint density at radius 2 is 1.35 bits per heavy atom. The summed E-state index contributed by atoms with van der Waals surface area (Å²) in [6.45, 7) is 7.07. The number of Topliss-reactive ketones (excluding diaryl/α,β-unsaturated/α-hetero) is 1. The van der Waals surface area contributed by atoms with E-state index in [0.29, 0.717) is 0 Å². The van der Waals surface area contributed by atoms with Gasteiger partial charge in [0.15, 0.2) is 5.78 Å². The van der Waals surface area contributed by atoms with E-state index in [4.69, 9.17) is 0 Å². The van der Waals surface area contributed by atoms with E-state index in [-0.39, 0.29) is 11.6 Å². The molecule has 20 heavy (non-hydrogen) atoms. The van der Waals surface area contributed by atoms with Gasteiger partial charge in [0.1, 0.15) is 5.78 Å². The molecule has 0 unspecified atom stereocenters. The maximum Gasteiger partial charge on any atom is 0.193 e. The normalized spacial score (nSPS) is 9.40. The zero-order valence-corrected chi connectivity index (χ0v) is 12.4. The van der Waals surface area contributed by atoms with Crippen molar-refractivity contribution in [3.63, 3.8) is 0 Å². The first-order chi connectivity index (χ1) is 9.43. The Morgan fingerprint density at radius 1 is 0.800 bits per heavy atom. The van der Waals surface area contributed by atoms with Crippen molar-refractivity contribution in [2.75, 3.05) is 0 Å². The average molecular weight is 268 g/mol. The van der Waals surface area contributed by atoms with Crippen molar-refractivity contribution in [1.82, 2.24) is 0 Å². The van der Waals surface area contributed by atoms with Gasteiger partial charge in [-0.15, -0.1) is 0 Å². The molecule has 0 aromatic heterocycles. The van der Waals surface area contributed by atoms with Crippen molar-refractivity contribution in [2.45, 2.75) is 27.7 Å². The summed E-state index contributed by atoms with van der Waals surface area (Å²) in [5, 5.41) is 0. The van der Waals surface area contributed by atoms with Crippen molar-refractivity contribution in [1.29, 1.82) is 0 Å². The zero-order valence-electron chi connectivity index (χ0n) is 12.4. The van der Waals surface area contributed by atoms with Crippen LogP contribution in [0.25, 0.3) is 0 Å². The molecule has 104 valence electrons. The predicted octanol–water partition coefficient (Wildman–Crippen LogP) is 4.13. The number of carbonyl (C=O) groups is 2. The molecular formula is C18H20O2. The minimum atomic E-state index is 0.0989. The first-order valence-electron chi connectivity index (χ1n) is 6.56. The summed E-state index contributed by atoms with van der Waals surface area (Å²) in [6.07, 6.45) is 0. The molecule has 0 bridgehead atoms. The van der Waals surface area contributed by atoms with Crippen LogP contribution >= 0.6 is 0 Å². The van der Waals surface area contributed by atoms with E-state index in [0.717, 1.165) is 22.3 Å². The quantitative estimate of drug-likeness (QED) is 0.767. The second-order valence-electron chi connectivity index (χ2n) is 4.85. The van der Waals surface area contributed by atoms with Crippen molar-refractivity contribution in [3.8, 4) is 0 Å². The SMILES string of the molecule is CC(C)=O.Cc1cccc(C(=O)c2ccccc2)c1C. The highest BCUT2D eigenvalue weighted by Crippen LogP contribution is 2.16. The van der Waals surface area contributed by atoms with Gasteiger partial charge in [0, 0.05) is 11.1 Å². The van der Waals surface area contributed by atoms with Crippen LogP contribution in [-0.2, 0) is 4.79 Å². The zero-order chi connectivity index (χ0) is 15.1. The summed E-state index contributed by atoms with van der Waals surface area (Å²) in [5.41, 5.74) is 3.76. The van der Waals surface area contributed by atoms with Gasteiger partial charge in [-0.1, -0.05) is 48.5 Å². The van der Waals surface area contributed by atoms with E-state index in [2.05, 4.69) is 0 Å². The van der Waals surface area contributed by atoms with Gasteiger partial charge in [-0.2, -0.15) is 0 Å². The number of ketones is 2. The van der Waals surface area contributed by atoms with E-state index >= 15 is 0 Å². The fraction of sp³-hybridized carbons (Fsp3) is 0.222. The summed E-state index contributed by atoms with van der Waals surface area (Å²) < 4.78 is 0. The van der Waals surface area contributed by atoms with Gasteiger partial charge in [-0.25, -0.2) is 0 Å². The summed E-state index contributed by atoms with van der Waals surface area (Å²) in [4.78, 5) is 21.7. The highest BCUT2D eigenvalue weighted by molar-refractivity contribution is 6.10. The third kappa shape index (κ3) is 4.47. The Balaban J connectivity index is 0.000000444. The summed E-state index contributed by atoms with van der Waals surface area (Å²) in [6, 6.07) is 15.2. The second kappa shape index (κ2) is 7.39. The number of aryl methyl sites for hydroxylation is 1. The van der Waals surface area contributed by atoms with Crippen molar-refractivity contribution >= 4 is 11.6 Å². The maximum atomic E-state index is 12.2. The van der Waals surface area contributed by atoms with Gasteiger partial charge in [0.25, 0.3) is 0 Å². The highest BCUT2D eigenvalue weighted by Gasteiger charge is 2.11. The fourth-order valence-corrected chi connectivity index (χ4v) is 1.74. The number of hydrogen-bond donors (Lipinski definition) is 0. The molecule has 0 saturated heterocycles. The topological polar surface area (TPSA) is 34.1 Å². The molecule has 0 aliphatic heterocycles. The van der Waals surface area contributed by atoms with Crippen LogP contribution in [0.5, 0.6) is 0 Å². The maximum absolute atomic E-state index is 12.2. The third-order valence-corrected chi connectivity index (χ3v) is 2.89. The molecule has 2 aromatic rings. The van der Waals surface area contributed by atoms with Gasteiger partial charge in [0.05, 0.1) is 0 Å². The minimum absolute atomic E-state index is 0.0989. The fourth-order valence-electron chi connectivity index (χ4n) is 1.74. The van der Waals surface area contributed by atoms with E-state index in [1.807, 2.05) is 62.4 Å². The standard InChI is InChI=1S/C15H14O.C3H6O/c1-11-7-6-10-14(12(11)2)15(16)13-8-4-3-5-9-13;1-3(2)4/h3-10H,1-2H3;1-2H3. The Morgan fingerprint density at radius 3 is 1.90 bits per heavy atom. The van der Waals surface area contributed by atoms with Gasteiger partial charge in [-0.3, -0.25) is 4.79 Å². The molecule has 0 atom stereocenters. The molecule has 0 radical (unpaired) electrons. The van der Waals surface area contributed by atoms with Gasteiger partial charge in [-0.05, 0) is 38.8 Å². The van der Waals surface area contributed by atoms with Gasteiger partial charge in [0.2, 0.25) is 0 Å². The molecule has 0 aliphatic rings. The Labute approximate surface area is 120 Å². The van der Waals surface area contributed by atoms with E-state index in [1.165, 1.54) is 13.8 Å². The van der Waals surface area contributed by atoms with E-state index in [9.17, 15) is 9.59 Å². The number of carbonyl (C=O) groups excluding carboxylic acids is 2.